The third kappa shape index (κ3) is 4.37. The van der Waals surface area contributed by atoms with Crippen LogP contribution in [-0.4, -0.2) is 66.9 Å². The summed E-state index contributed by atoms with van der Waals surface area (Å²) in [4.78, 5) is 14.9. The van der Waals surface area contributed by atoms with Crippen LogP contribution in [0.15, 0.2) is 42.7 Å². The minimum Gasteiger partial charge on any atom is -0.348 e. The van der Waals surface area contributed by atoms with Crippen molar-refractivity contribution >= 4 is 5.91 Å². The number of hydrogen-bond donors (Lipinski definition) is 2. The first-order valence-corrected chi connectivity index (χ1v) is 9.14. The van der Waals surface area contributed by atoms with Crippen LogP contribution in [0, 0.1) is 0 Å². The minimum absolute atomic E-state index is 0.149. The Morgan fingerprint density at radius 2 is 2.04 bits per heavy atom. The second-order valence-electron chi connectivity index (χ2n) is 6.72. The normalized spacial score (nSPS) is 15.7. The lowest BCUT2D eigenvalue weighted by Gasteiger charge is -2.32. The molecule has 3 aromatic rings. The first-order valence-electron chi connectivity index (χ1n) is 9.14. The van der Waals surface area contributed by atoms with Crippen molar-refractivity contribution in [1.82, 2.24) is 40.6 Å². The topological polar surface area (TPSA) is 105 Å². The van der Waals surface area contributed by atoms with Gasteiger partial charge >= 0.3 is 0 Å². The fraction of sp³-hybridized carbons (Fsp3) is 0.389. The average molecular weight is 366 g/mol. The predicted molar refractivity (Wildman–Crippen MR) is 98.4 cm³/mol. The highest BCUT2D eigenvalue weighted by Crippen LogP contribution is 2.13. The second-order valence-corrected chi connectivity index (χ2v) is 6.72. The van der Waals surface area contributed by atoms with Crippen molar-refractivity contribution in [2.45, 2.75) is 25.3 Å². The average Bonchev–Trinajstić information content (AvgIpc) is 3.40. The third-order valence-electron chi connectivity index (χ3n) is 4.88. The van der Waals surface area contributed by atoms with Crippen molar-refractivity contribution in [1.29, 1.82) is 0 Å². The molecule has 1 aliphatic rings. The number of rotatable bonds is 6. The maximum atomic E-state index is 12.4. The fourth-order valence-corrected chi connectivity index (χ4v) is 3.31. The highest BCUT2D eigenvalue weighted by Gasteiger charge is 2.22. The van der Waals surface area contributed by atoms with Crippen molar-refractivity contribution in [3.8, 4) is 5.82 Å². The van der Waals surface area contributed by atoms with Crippen LogP contribution in [0.3, 0.4) is 0 Å². The van der Waals surface area contributed by atoms with E-state index >= 15 is 0 Å². The molecule has 0 radical (unpaired) electrons. The Kier molecular flexibility index (Phi) is 5.20. The number of piperidine rings is 1. The molecule has 1 fully saturated rings. The van der Waals surface area contributed by atoms with E-state index in [1.54, 1.807) is 6.07 Å². The molecule has 9 heteroatoms. The largest absolute Gasteiger partial charge is 0.348 e. The lowest BCUT2D eigenvalue weighted by molar-refractivity contribution is 0.0906. The molecule has 0 unspecified atom stereocenters. The quantitative estimate of drug-likeness (QED) is 0.669. The number of carbonyl (C=O) groups excluding carboxylic acids is 1. The first kappa shape index (κ1) is 17.3. The molecule has 0 bridgehead atoms. The van der Waals surface area contributed by atoms with Gasteiger partial charge in [0, 0.05) is 31.7 Å². The molecule has 1 aromatic carbocycles. The van der Waals surface area contributed by atoms with E-state index < -0.39 is 0 Å². The molecule has 1 saturated heterocycles. The van der Waals surface area contributed by atoms with E-state index in [9.17, 15) is 4.79 Å². The fourth-order valence-electron chi connectivity index (χ4n) is 3.31. The Balaban J connectivity index is 1.24. The molecular formula is C18H22N8O. The summed E-state index contributed by atoms with van der Waals surface area (Å²) in [5.41, 5.74) is 1.78. The van der Waals surface area contributed by atoms with E-state index in [0.717, 1.165) is 38.9 Å². The van der Waals surface area contributed by atoms with Crippen molar-refractivity contribution < 1.29 is 4.79 Å². The summed E-state index contributed by atoms with van der Waals surface area (Å²) in [7, 11) is 0. The molecule has 3 heterocycles. The molecule has 2 N–H and O–H groups in total. The van der Waals surface area contributed by atoms with Crippen molar-refractivity contribution in [2.24, 2.45) is 0 Å². The summed E-state index contributed by atoms with van der Waals surface area (Å²) >= 11 is 0. The lowest BCUT2D eigenvalue weighted by Crippen LogP contribution is -2.45. The maximum absolute atomic E-state index is 12.4. The van der Waals surface area contributed by atoms with E-state index in [4.69, 9.17) is 0 Å². The number of benzene rings is 1. The monoisotopic (exact) mass is 366 g/mol. The number of amides is 1. The van der Waals surface area contributed by atoms with Gasteiger partial charge in [-0.15, -0.1) is 5.10 Å². The molecule has 0 atom stereocenters. The Bertz CT molecular complexity index is 853. The molecule has 4 rings (SSSR count). The van der Waals surface area contributed by atoms with Crippen LogP contribution in [0.1, 0.15) is 28.9 Å². The van der Waals surface area contributed by atoms with Crippen molar-refractivity contribution in [3.05, 3.63) is 54.0 Å². The van der Waals surface area contributed by atoms with E-state index in [1.807, 2.05) is 6.07 Å². The number of hydrogen-bond acceptors (Lipinski definition) is 6. The third-order valence-corrected chi connectivity index (χ3v) is 4.88. The SMILES string of the molecule is O=C(NC1CCN(CCc2ccccc2)CC1)c1cc(-n2cnnn2)n[nH]1. The smallest absolute Gasteiger partial charge is 0.269 e. The number of aromatic amines is 1. The van der Waals surface area contributed by atoms with E-state index in [0.29, 0.717) is 11.5 Å². The minimum atomic E-state index is -0.149. The summed E-state index contributed by atoms with van der Waals surface area (Å²) in [5, 5.41) is 20.8. The molecule has 0 saturated carbocycles. The zero-order valence-electron chi connectivity index (χ0n) is 15.0. The van der Waals surface area contributed by atoms with Crippen LogP contribution in [0.2, 0.25) is 0 Å². The number of aromatic nitrogens is 6. The molecule has 140 valence electrons. The summed E-state index contributed by atoms with van der Waals surface area (Å²) in [5.74, 6) is 0.338. The molecule has 0 spiro atoms. The summed E-state index contributed by atoms with van der Waals surface area (Å²) in [6.07, 6.45) is 4.40. The van der Waals surface area contributed by atoms with Crippen LogP contribution in [0.4, 0.5) is 0 Å². The lowest BCUT2D eigenvalue weighted by atomic mass is 10.0. The van der Waals surface area contributed by atoms with Crippen LogP contribution in [-0.2, 0) is 6.42 Å². The Hall–Kier alpha value is -3.07. The Labute approximate surface area is 156 Å². The molecule has 2 aromatic heterocycles. The van der Waals surface area contributed by atoms with Gasteiger partial charge < -0.3 is 10.2 Å². The van der Waals surface area contributed by atoms with Gasteiger partial charge in [0.15, 0.2) is 5.82 Å². The summed E-state index contributed by atoms with van der Waals surface area (Å²) in [6, 6.07) is 12.4. The molecular weight excluding hydrogens is 344 g/mol. The van der Waals surface area contributed by atoms with Gasteiger partial charge in [-0.25, -0.2) is 0 Å². The van der Waals surface area contributed by atoms with Gasteiger partial charge in [0.1, 0.15) is 12.0 Å². The van der Waals surface area contributed by atoms with E-state index in [2.05, 4.69) is 60.2 Å². The van der Waals surface area contributed by atoms with Gasteiger partial charge in [-0.2, -0.15) is 9.78 Å². The van der Waals surface area contributed by atoms with Gasteiger partial charge in [0.05, 0.1) is 0 Å². The van der Waals surface area contributed by atoms with Gasteiger partial charge in [0.25, 0.3) is 5.91 Å². The van der Waals surface area contributed by atoms with Gasteiger partial charge in [-0.3, -0.25) is 9.89 Å². The highest BCUT2D eigenvalue weighted by atomic mass is 16.2. The van der Waals surface area contributed by atoms with Gasteiger partial charge in [-0.05, 0) is 35.3 Å². The molecule has 1 amide bonds. The second kappa shape index (κ2) is 8.09. The first-order chi connectivity index (χ1) is 13.3. The Morgan fingerprint density at radius 1 is 1.22 bits per heavy atom. The van der Waals surface area contributed by atoms with Gasteiger partial charge in [-0.1, -0.05) is 30.3 Å². The molecule has 0 aliphatic carbocycles. The van der Waals surface area contributed by atoms with Crippen LogP contribution >= 0.6 is 0 Å². The number of likely N-dealkylation sites (tertiary alicyclic amines) is 1. The van der Waals surface area contributed by atoms with Crippen LogP contribution < -0.4 is 5.32 Å². The van der Waals surface area contributed by atoms with Gasteiger partial charge in [0.2, 0.25) is 0 Å². The summed E-state index contributed by atoms with van der Waals surface area (Å²) in [6.45, 7) is 3.05. The summed E-state index contributed by atoms with van der Waals surface area (Å²) < 4.78 is 1.40. The number of tetrazole rings is 1. The predicted octanol–water partition coefficient (Wildman–Crippen LogP) is 0.822. The molecule has 9 nitrogen and oxygen atoms in total. The van der Waals surface area contributed by atoms with E-state index in [1.165, 1.54) is 16.6 Å². The highest BCUT2D eigenvalue weighted by molar-refractivity contribution is 5.92. The van der Waals surface area contributed by atoms with Crippen molar-refractivity contribution in [3.63, 3.8) is 0 Å². The maximum Gasteiger partial charge on any atom is 0.269 e. The number of carbonyl (C=O) groups is 1. The van der Waals surface area contributed by atoms with Crippen LogP contribution in [0.5, 0.6) is 0 Å². The molecule has 1 aliphatic heterocycles. The molecule has 27 heavy (non-hydrogen) atoms. The number of nitrogens with zero attached hydrogens (tertiary/aromatic N) is 6. The van der Waals surface area contributed by atoms with Crippen molar-refractivity contribution in [2.75, 3.05) is 19.6 Å². The standard InChI is InChI=1S/C18H22N8O/c27-18(16-12-17(22-21-16)26-13-19-23-24-26)20-15-7-10-25(11-8-15)9-6-14-4-2-1-3-5-14/h1-5,12-13,15H,6-11H2,(H,20,27)(H,21,22). The van der Waals surface area contributed by atoms with Crippen LogP contribution in [0.25, 0.3) is 5.82 Å². The van der Waals surface area contributed by atoms with E-state index in [-0.39, 0.29) is 11.9 Å². The zero-order valence-corrected chi connectivity index (χ0v) is 15.0. The number of H-pyrrole nitrogens is 1. The zero-order chi connectivity index (χ0) is 18.5. The Morgan fingerprint density at radius 3 is 2.78 bits per heavy atom. The number of nitrogens with one attached hydrogen (secondary N) is 2.